The highest BCUT2D eigenvalue weighted by molar-refractivity contribution is 6.25. The minimum Gasteiger partial charge on any atom is -0.305 e. The van der Waals surface area contributed by atoms with Crippen LogP contribution in [0.4, 0.5) is 0 Å². The van der Waals surface area contributed by atoms with Crippen molar-refractivity contribution in [2.24, 2.45) is 5.92 Å². The van der Waals surface area contributed by atoms with Gasteiger partial charge in [0.25, 0.3) is 0 Å². The molecular weight excluding hydrogens is 280 g/mol. The quantitative estimate of drug-likeness (QED) is 0.905. The highest BCUT2D eigenvalue weighted by Crippen LogP contribution is 2.29. The topological polar surface area (TPSA) is 15.3 Å². The maximum absolute atomic E-state index is 5.88. The van der Waals surface area contributed by atoms with E-state index in [9.17, 15) is 0 Å². The number of benzene rings is 1. The van der Waals surface area contributed by atoms with E-state index in [0.717, 1.165) is 19.6 Å². The van der Waals surface area contributed by atoms with Crippen LogP contribution in [0.1, 0.15) is 33.3 Å². The van der Waals surface area contributed by atoms with E-state index in [1.54, 1.807) is 5.54 Å². The molecule has 0 aromatic heterocycles. The van der Waals surface area contributed by atoms with E-state index in [0.29, 0.717) is 12.0 Å². The van der Waals surface area contributed by atoms with Gasteiger partial charge in [0.1, 0.15) is 0 Å². The third-order valence-electron chi connectivity index (χ3n) is 4.51. The Morgan fingerprint density at radius 1 is 1.43 bits per heavy atom. The maximum atomic E-state index is 5.88. The monoisotopic (exact) mass is 306 g/mol. The lowest BCUT2D eigenvalue weighted by Gasteiger charge is -2.48. The number of hydrogen-bond acceptors (Lipinski definition) is 2. The molecule has 0 aliphatic carbocycles. The molecule has 1 heterocycles. The molecule has 1 aliphatic heterocycles. The molecule has 1 fully saturated rings. The van der Waals surface area contributed by atoms with Gasteiger partial charge < -0.3 is 5.32 Å². The van der Waals surface area contributed by atoms with Crippen LogP contribution in [0.25, 0.3) is 0 Å². The fourth-order valence-electron chi connectivity index (χ4n) is 3.22. The SMILES string of the molecule is C/C(=C\Cl)CN1CC(C)(c2ccccc2)NCC1C(C)C. The number of nitrogens with zero attached hydrogens (tertiary/aromatic N) is 1. The summed E-state index contributed by atoms with van der Waals surface area (Å²) in [5.74, 6) is 0.626. The van der Waals surface area contributed by atoms with Gasteiger partial charge in [-0.1, -0.05) is 55.8 Å². The molecule has 2 rings (SSSR count). The second-order valence-corrected chi connectivity index (χ2v) is 6.97. The van der Waals surface area contributed by atoms with E-state index in [1.165, 1.54) is 11.1 Å². The number of nitrogens with one attached hydrogen (secondary N) is 1. The molecule has 1 aromatic rings. The summed E-state index contributed by atoms with van der Waals surface area (Å²) in [6.07, 6.45) is 0. The van der Waals surface area contributed by atoms with Gasteiger partial charge >= 0.3 is 0 Å². The van der Waals surface area contributed by atoms with Gasteiger partial charge in [0, 0.05) is 31.2 Å². The molecule has 0 amide bonds. The van der Waals surface area contributed by atoms with Crippen LogP contribution in [-0.2, 0) is 5.54 Å². The zero-order valence-corrected chi connectivity index (χ0v) is 14.3. The van der Waals surface area contributed by atoms with Gasteiger partial charge in [-0.05, 0) is 30.9 Å². The standard InChI is InChI=1S/C18H27ClN2/c1-14(2)17-11-20-18(4,16-8-6-5-7-9-16)13-21(17)12-15(3)10-19/h5-10,14,17,20H,11-13H2,1-4H3/b15-10+. The Balaban J connectivity index is 2.22. The minimum absolute atomic E-state index is 0.000751. The molecule has 0 spiro atoms. The molecule has 2 atom stereocenters. The molecule has 2 nitrogen and oxygen atoms in total. The highest BCUT2D eigenvalue weighted by Gasteiger charge is 2.37. The highest BCUT2D eigenvalue weighted by atomic mass is 35.5. The molecule has 1 saturated heterocycles. The number of halogens is 1. The van der Waals surface area contributed by atoms with Crippen LogP contribution >= 0.6 is 11.6 Å². The van der Waals surface area contributed by atoms with Crippen molar-refractivity contribution >= 4 is 11.6 Å². The zero-order chi connectivity index (χ0) is 15.5. The third kappa shape index (κ3) is 3.88. The average molecular weight is 307 g/mol. The first-order chi connectivity index (χ1) is 9.96. The summed E-state index contributed by atoms with van der Waals surface area (Å²) in [5, 5.41) is 3.77. The van der Waals surface area contributed by atoms with Crippen LogP contribution in [-0.4, -0.2) is 30.6 Å². The van der Waals surface area contributed by atoms with Crippen LogP contribution < -0.4 is 5.32 Å². The number of hydrogen-bond donors (Lipinski definition) is 1. The van der Waals surface area contributed by atoms with Crippen molar-refractivity contribution in [2.75, 3.05) is 19.6 Å². The first-order valence-electron chi connectivity index (χ1n) is 7.77. The number of piperazine rings is 1. The van der Waals surface area contributed by atoms with E-state index >= 15 is 0 Å². The van der Waals surface area contributed by atoms with Crippen molar-refractivity contribution < 1.29 is 0 Å². The van der Waals surface area contributed by atoms with Gasteiger partial charge in [0.05, 0.1) is 5.54 Å². The first-order valence-corrected chi connectivity index (χ1v) is 8.20. The summed E-state index contributed by atoms with van der Waals surface area (Å²) in [6.45, 7) is 11.9. The molecule has 1 aliphatic rings. The summed E-state index contributed by atoms with van der Waals surface area (Å²) >= 11 is 5.88. The third-order valence-corrected chi connectivity index (χ3v) is 4.88. The summed E-state index contributed by atoms with van der Waals surface area (Å²) in [7, 11) is 0. The average Bonchev–Trinajstić information content (AvgIpc) is 2.48. The largest absolute Gasteiger partial charge is 0.305 e. The van der Waals surface area contributed by atoms with Gasteiger partial charge in [-0.15, -0.1) is 0 Å². The molecule has 0 radical (unpaired) electrons. The molecule has 0 saturated carbocycles. The maximum Gasteiger partial charge on any atom is 0.0535 e. The van der Waals surface area contributed by atoms with Gasteiger partial charge in [0.15, 0.2) is 0 Å². The van der Waals surface area contributed by atoms with Crippen LogP contribution in [0.2, 0.25) is 0 Å². The Morgan fingerprint density at radius 3 is 2.67 bits per heavy atom. The second-order valence-electron chi connectivity index (χ2n) is 6.75. The van der Waals surface area contributed by atoms with Crippen molar-refractivity contribution in [1.82, 2.24) is 10.2 Å². The van der Waals surface area contributed by atoms with E-state index in [4.69, 9.17) is 11.6 Å². The first kappa shape index (κ1) is 16.5. The van der Waals surface area contributed by atoms with Crippen molar-refractivity contribution in [2.45, 2.75) is 39.3 Å². The Morgan fingerprint density at radius 2 is 2.10 bits per heavy atom. The molecule has 2 unspecified atom stereocenters. The van der Waals surface area contributed by atoms with Crippen molar-refractivity contribution in [1.29, 1.82) is 0 Å². The van der Waals surface area contributed by atoms with Crippen LogP contribution in [0.15, 0.2) is 41.4 Å². The molecule has 1 N–H and O–H groups in total. The molecule has 21 heavy (non-hydrogen) atoms. The van der Waals surface area contributed by atoms with Crippen molar-refractivity contribution in [3.05, 3.63) is 47.0 Å². The Kier molecular flexibility index (Phi) is 5.48. The lowest BCUT2D eigenvalue weighted by molar-refractivity contribution is 0.0693. The molecule has 0 bridgehead atoms. The fourth-order valence-corrected chi connectivity index (χ4v) is 3.29. The van der Waals surface area contributed by atoms with Crippen molar-refractivity contribution in [3.63, 3.8) is 0 Å². The van der Waals surface area contributed by atoms with E-state index in [2.05, 4.69) is 68.2 Å². The summed E-state index contributed by atoms with van der Waals surface area (Å²) in [5.41, 5.74) is 4.28. The summed E-state index contributed by atoms with van der Waals surface area (Å²) in [4.78, 5) is 2.57. The van der Waals surface area contributed by atoms with Gasteiger partial charge in [-0.3, -0.25) is 4.90 Å². The van der Waals surface area contributed by atoms with Gasteiger partial charge in [-0.25, -0.2) is 0 Å². The predicted molar refractivity (Wildman–Crippen MR) is 91.6 cm³/mol. The zero-order valence-electron chi connectivity index (χ0n) is 13.6. The van der Waals surface area contributed by atoms with Crippen LogP contribution in [0.5, 0.6) is 0 Å². The number of rotatable bonds is 4. The lowest BCUT2D eigenvalue weighted by atomic mass is 9.86. The summed E-state index contributed by atoms with van der Waals surface area (Å²) in [6, 6.07) is 11.3. The second kappa shape index (κ2) is 6.95. The van der Waals surface area contributed by atoms with Gasteiger partial charge in [0.2, 0.25) is 0 Å². The van der Waals surface area contributed by atoms with Crippen LogP contribution in [0, 0.1) is 5.92 Å². The smallest absolute Gasteiger partial charge is 0.0535 e. The minimum atomic E-state index is -0.000751. The predicted octanol–water partition coefficient (Wildman–Crippen LogP) is 3.97. The Labute approximate surface area is 134 Å². The van der Waals surface area contributed by atoms with Crippen LogP contribution in [0.3, 0.4) is 0 Å². The Bertz CT molecular complexity index is 483. The fraction of sp³-hybridized carbons (Fsp3) is 0.556. The Hall–Kier alpha value is -0.830. The molecule has 3 heteroatoms. The normalized spacial score (nSPS) is 28.1. The lowest BCUT2D eigenvalue weighted by Crippen LogP contribution is -2.62. The van der Waals surface area contributed by atoms with Crippen molar-refractivity contribution in [3.8, 4) is 0 Å². The van der Waals surface area contributed by atoms with E-state index < -0.39 is 0 Å². The molecule has 116 valence electrons. The van der Waals surface area contributed by atoms with Gasteiger partial charge in [-0.2, -0.15) is 0 Å². The molecular formula is C18H27ClN2. The van der Waals surface area contributed by atoms with E-state index in [-0.39, 0.29) is 5.54 Å². The molecule has 1 aromatic carbocycles. The summed E-state index contributed by atoms with van der Waals surface area (Å²) < 4.78 is 0. The van der Waals surface area contributed by atoms with E-state index in [1.807, 2.05) is 0 Å².